The van der Waals surface area contributed by atoms with E-state index in [1.807, 2.05) is 6.92 Å². The molecule has 1 aromatic heterocycles. The van der Waals surface area contributed by atoms with Crippen LogP contribution in [0.2, 0.25) is 0 Å². The normalized spacial score (nSPS) is 10.0. The molecule has 1 rings (SSSR count). The molecule has 15 heavy (non-hydrogen) atoms. The molecule has 0 bridgehead atoms. The summed E-state index contributed by atoms with van der Waals surface area (Å²) in [4.78, 5) is 8.24. The van der Waals surface area contributed by atoms with Crippen LogP contribution in [0.4, 0.5) is 5.95 Å². The minimum absolute atomic E-state index is 0.0599. The Morgan fingerprint density at radius 1 is 1.60 bits per heavy atom. The van der Waals surface area contributed by atoms with Gasteiger partial charge in [-0.15, -0.1) is 0 Å². The lowest BCUT2D eigenvalue weighted by Gasteiger charge is -2.06. The van der Waals surface area contributed by atoms with E-state index in [0.717, 1.165) is 5.69 Å². The van der Waals surface area contributed by atoms with Crippen LogP contribution >= 0.6 is 0 Å². The highest BCUT2D eigenvalue weighted by Crippen LogP contribution is 2.03. The summed E-state index contributed by atoms with van der Waals surface area (Å²) in [6.07, 6.45) is 0. The Labute approximate surface area is 88.4 Å². The number of nitrogens with zero attached hydrogens (tertiary/aromatic N) is 2. The molecular formula is C9H15N5O. The van der Waals surface area contributed by atoms with Crippen LogP contribution in [-0.4, -0.2) is 36.1 Å². The molecule has 4 N–H and O–H groups in total. The lowest BCUT2D eigenvalue weighted by molar-refractivity contribution is 0.210. The van der Waals surface area contributed by atoms with Crippen LogP contribution in [0.25, 0.3) is 0 Å². The zero-order chi connectivity index (χ0) is 11.3. The standard InChI is InChI=1S/C9H15N5O/c1-6-5-7(8(10)11)14-9(13-6)12-3-4-15-2/h5H,3-4H2,1-2H3,(H3,10,11)(H,12,13,14). The maximum atomic E-state index is 7.28. The number of hydrogen-bond acceptors (Lipinski definition) is 5. The minimum atomic E-state index is -0.0599. The molecule has 0 fully saturated rings. The van der Waals surface area contributed by atoms with Crippen LogP contribution in [0.1, 0.15) is 11.4 Å². The van der Waals surface area contributed by atoms with Gasteiger partial charge in [0.1, 0.15) is 11.5 Å². The molecule has 1 heterocycles. The molecule has 0 unspecified atom stereocenters. The molecule has 0 saturated heterocycles. The summed E-state index contributed by atoms with van der Waals surface area (Å²) in [6, 6.07) is 1.67. The summed E-state index contributed by atoms with van der Waals surface area (Å²) in [5.74, 6) is 0.410. The summed E-state index contributed by atoms with van der Waals surface area (Å²) in [7, 11) is 1.62. The first-order chi connectivity index (χ1) is 7.13. The molecular weight excluding hydrogens is 194 g/mol. The molecule has 0 atom stereocenters. The third kappa shape index (κ3) is 3.51. The van der Waals surface area contributed by atoms with Gasteiger partial charge >= 0.3 is 0 Å². The van der Waals surface area contributed by atoms with E-state index in [4.69, 9.17) is 15.9 Å². The molecule has 0 aliphatic heterocycles. The van der Waals surface area contributed by atoms with Gasteiger partial charge in [0.2, 0.25) is 5.95 Å². The van der Waals surface area contributed by atoms with Crippen molar-refractivity contribution in [2.75, 3.05) is 25.6 Å². The maximum absolute atomic E-state index is 7.28. The summed E-state index contributed by atoms with van der Waals surface area (Å²) in [5.41, 5.74) is 6.55. The number of amidine groups is 1. The van der Waals surface area contributed by atoms with E-state index in [1.165, 1.54) is 0 Å². The molecule has 1 aromatic rings. The molecule has 0 aromatic carbocycles. The van der Waals surface area contributed by atoms with E-state index in [0.29, 0.717) is 24.8 Å². The first kappa shape index (κ1) is 11.4. The first-order valence-electron chi connectivity index (χ1n) is 4.56. The van der Waals surface area contributed by atoms with Gasteiger partial charge in [-0.05, 0) is 13.0 Å². The molecule has 82 valence electrons. The van der Waals surface area contributed by atoms with E-state index in [-0.39, 0.29) is 5.84 Å². The van der Waals surface area contributed by atoms with Gasteiger partial charge in [0.05, 0.1) is 6.61 Å². The minimum Gasteiger partial charge on any atom is -0.383 e. The van der Waals surface area contributed by atoms with Gasteiger partial charge in [0.15, 0.2) is 0 Å². The third-order valence-corrected chi connectivity index (χ3v) is 1.72. The Balaban J connectivity index is 2.75. The van der Waals surface area contributed by atoms with Crippen molar-refractivity contribution in [1.29, 1.82) is 5.41 Å². The van der Waals surface area contributed by atoms with Crippen molar-refractivity contribution in [3.63, 3.8) is 0 Å². The number of anilines is 1. The lowest BCUT2D eigenvalue weighted by atomic mass is 10.3. The van der Waals surface area contributed by atoms with E-state index < -0.39 is 0 Å². The highest BCUT2D eigenvalue weighted by atomic mass is 16.5. The van der Waals surface area contributed by atoms with Gasteiger partial charge in [-0.1, -0.05) is 0 Å². The van der Waals surface area contributed by atoms with Crippen molar-refractivity contribution in [1.82, 2.24) is 9.97 Å². The number of methoxy groups -OCH3 is 1. The third-order valence-electron chi connectivity index (χ3n) is 1.72. The Morgan fingerprint density at radius 3 is 2.93 bits per heavy atom. The van der Waals surface area contributed by atoms with Crippen molar-refractivity contribution in [2.45, 2.75) is 6.92 Å². The Bertz CT molecular complexity index is 352. The number of nitrogens with one attached hydrogen (secondary N) is 2. The second-order valence-corrected chi connectivity index (χ2v) is 3.05. The predicted octanol–water partition coefficient (Wildman–Crippen LogP) is 0.127. The SMILES string of the molecule is COCCNc1nc(C)cc(C(=N)N)n1. The quantitative estimate of drug-likeness (QED) is 0.364. The number of nitrogen functional groups attached to an aromatic ring is 1. The van der Waals surface area contributed by atoms with Crippen LogP contribution in [0.5, 0.6) is 0 Å². The monoisotopic (exact) mass is 209 g/mol. The van der Waals surface area contributed by atoms with Crippen LogP contribution < -0.4 is 11.1 Å². The van der Waals surface area contributed by atoms with E-state index in [1.54, 1.807) is 13.2 Å². The van der Waals surface area contributed by atoms with Gasteiger partial charge in [-0.3, -0.25) is 5.41 Å². The van der Waals surface area contributed by atoms with Gasteiger partial charge in [0, 0.05) is 19.3 Å². The van der Waals surface area contributed by atoms with Gasteiger partial charge < -0.3 is 15.8 Å². The molecule has 0 aliphatic carbocycles. The summed E-state index contributed by atoms with van der Waals surface area (Å²) >= 11 is 0. The lowest BCUT2D eigenvalue weighted by Crippen LogP contribution is -2.17. The second-order valence-electron chi connectivity index (χ2n) is 3.05. The fraction of sp³-hybridized carbons (Fsp3) is 0.444. The number of hydrogen-bond donors (Lipinski definition) is 3. The summed E-state index contributed by atoms with van der Waals surface area (Å²) in [5, 5.41) is 10.3. The number of nitrogens with two attached hydrogens (primary N) is 1. The Morgan fingerprint density at radius 2 is 2.33 bits per heavy atom. The molecule has 6 heteroatoms. The molecule has 0 saturated carbocycles. The Hall–Kier alpha value is -1.69. The topological polar surface area (TPSA) is 96.9 Å². The van der Waals surface area contributed by atoms with Crippen LogP contribution in [0, 0.1) is 12.3 Å². The van der Waals surface area contributed by atoms with Crippen LogP contribution in [0.15, 0.2) is 6.07 Å². The van der Waals surface area contributed by atoms with Crippen LogP contribution in [-0.2, 0) is 4.74 Å². The van der Waals surface area contributed by atoms with Gasteiger partial charge in [-0.2, -0.15) is 0 Å². The average Bonchev–Trinajstić information content (AvgIpc) is 2.17. The number of aromatic nitrogens is 2. The largest absolute Gasteiger partial charge is 0.383 e. The van der Waals surface area contributed by atoms with E-state index in [2.05, 4.69) is 15.3 Å². The van der Waals surface area contributed by atoms with Crippen molar-refractivity contribution < 1.29 is 4.74 Å². The smallest absolute Gasteiger partial charge is 0.223 e. The zero-order valence-corrected chi connectivity index (χ0v) is 8.87. The average molecular weight is 209 g/mol. The Kier molecular flexibility index (Phi) is 3.99. The molecule has 0 radical (unpaired) electrons. The summed E-state index contributed by atoms with van der Waals surface area (Å²) < 4.78 is 4.89. The van der Waals surface area contributed by atoms with Crippen molar-refractivity contribution in [2.24, 2.45) is 5.73 Å². The van der Waals surface area contributed by atoms with Crippen molar-refractivity contribution in [3.8, 4) is 0 Å². The maximum Gasteiger partial charge on any atom is 0.223 e. The van der Waals surface area contributed by atoms with Crippen LogP contribution in [0.3, 0.4) is 0 Å². The van der Waals surface area contributed by atoms with E-state index in [9.17, 15) is 0 Å². The molecule has 0 aliphatic rings. The summed E-state index contributed by atoms with van der Waals surface area (Å²) in [6.45, 7) is 3.03. The van der Waals surface area contributed by atoms with Crippen molar-refractivity contribution in [3.05, 3.63) is 17.5 Å². The first-order valence-corrected chi connectivity index (χ1v) is 4.56. The van der Waals surface area contributed by atoms with Gasteiger partial charge in [-0.25, -0.2) is 9.97 Å². The van der Waals surface area contributed by atoms with E-state index >= 15 is 0 Å². The highest BCUT2D eigenvalue weighted by Gasteiger charge is 2.03. The number of aryl methyl sites for hydroxylation is 1. The fourth-order valence-corrected chi connectivity index (χ4v) is 1.05. The second kappa shape index (κ2) is 5.26. The number of ether oxygens (including phenoxy) is 1. The fourth-order valence-electron chi connectivity index (χ4n) is 1.05. The highest BCUT2D eigenvalue weighted by molar-refractivity contribution is 5.93. The molecule has 0 amide bonds. The number of rotatable bonds is 5. The molecule has 6 nitrogen and oxygen atoms in total. The molecule has 0 spiro atoms. The van der Waals surface area contributed by atoms with Gasteiger partial charge in [0.25, 0.3) is 0 Å². The predicted molar refractivity (Wildman–Crippen MR) is 58.2 cm³/mol. The zero-order valence-electron chi connectivity index (χ0n) is 8.87. The van der Waals surface area contributed by atoms with Crippen molar-refractivity contribution >= 4 is 11.8 Å².